The van der Waals surface area contributed by atoms with Crippen molar-refractivity contribution in [3.63, 3.8) is 0 Å². The Kier molecular flexibility index (Phi) is 4.54. The molecule has 1 saturated carbocycles. The van der Waals surface area contributed by atoms with Crippen LogP contribution in [-0.4, -0.2) is 37.3 Å². The predicted molar refractivity (Wildman–Crippen MR) is 56.2 cm³/mol. The summed E-state index contributed by atoms with van der Waals surface area (Å²) in [6.07, 6.45) is 1.86. The molecule has 1 fully saturated rings. The highest BCUT2D eigenvalue weighted by molar-refractivity contribution is 5.77. The standard InChI is InChI=1S/C10H18N2O4/c1-12(15-2)9(13)7-3-5-8(6-4-7)16-10(11)14/h7-8H,3-6H2,1-2H3,(H2,11,14). The fourth-order valence-electron chi connectivity index (χ4n) is 1.94. The number of carbonyl (C=O) groups excluding carboxylic acids is 2. The van der Waals surface area contributed by atoms with E-state index >= 15 is 0 Å². The highest BCUT2D eigenvalue weighted by Gasteiger charge is 2.29. The first-order valence-electron chi connectivity index (χ1n) is 5.32. The van der Waals surface area contributed by atoms with Crippen LogP contribution in [0.25, 0.3) is 0 Å². The van der Waals surface area contributed by atoms with E-state index in [4.69, 9.17) is 15.3 Å². The monoisotopic (exact) mass is 230 g/mol. The summed E-state index contributed by atoms with van der Waals surface area (Å²) in [5.74, 6) is -0.0716. The van der Waals surface area contributed by atoms with E-state index in [-0.39, 0.29) is 17.9 Å². The summed E-state index contributed by atoms with van der Waals surface area (Å²) in [5, 5.41) is 1.24. The lowest BCUT2D eigenvalue weighted by Crippen LogP contribution is -2.36. The van der Waals surface area contributed by atoms with Crippen LogP contribution in [0.5, 0.6) is 0 Å². The van der Waals surface area contributed by atoms with Crippen LogP contribution in [0.15, 0.2) is 0 Å². The Hall–Kier alpha value is -1.30. The number of hydroxylamine groups is 2. The van der Waals surface area contributed by atoms with E-state index in [9.17, 15) is 9.59 Å². The number of nitrogens with two attached hydrogens (primary N) is 1. The average Bonchev–Trinajstić information content (AvgIpc) is 2.27. The lowest BCUT2D eigenvalue weighted by atomic mass is 9.87. The van der Waals surface area contributed by atoms with Gasteiger partial charge >= 0.3 is 6.09 Å². The molecular formula is C10H18N2O4. The van der Waals surface area contributed by atoms with Crippen molar-refractivity contribution in [2.75, 3.05) is 14.2 Å². The SMILES string of the molecule is CON(C)C(=O)C1CCC(OC(N)=O)CC1. The summed E-state index contributed by atoms with van der Waals surface area (Å²) in [5.41, 5.74) is 4.93. The summed E-state index contributed by atoms with van der Waals surface area (Å²) in [4.78, 5) is 27.1. The minimum Gasteiger partial charge on any atom is -0.446 e. The van der Waals surface area contributed by atoms with Gasteiger partial charge in [0.25, 0.3) is 0 Å². The number of rotatable bonds is 3. The third-order valence-corrected chi connectivity index (χ3v) is 2.89. The second-order valence-corrected chi connectivity index (χ2v) is 3.93. The first-order valence-corrected chi connectivity index (χ1v) is 5.32. The van der Waals surface area contributed by atoms with Gasteiger partial charge < -0.3 is 10.5 Å². The molecule has 0 aromatic carbocycles. The van der Waals surface area contributed by atoms with E-state index in [1.165, 1.54) is 12.2 Å². The summed E-state index contributed by atoms with van der Waals surface area (Å²) in [7, 11) is 3.05. The zero-order valence-corrected chi connectivity index (χ0v) is 9.64. The Balaban J connectivity index is 2.37. The lowest BCUT2D eigenvalue weighted by Gasteiger charge is -2.28. The molecule has 6 nitrogen and oxygen atoms in total. The van der Waals surface area contributed by atoms with Crippen LogP contribution in [0, 0.1) is 5.92 Å². The van der Waals surface area contributed by atoms with Crippen molar-refractivity contribution in [3.05, 3.63) is 0 Å². The quantitative estimate of drug-likeness (QED) is 0.722. The largest absolute Gasteiger partial charge is 0.446 e. The van der Waals surface area contributed by atoms with Crippen LogP contribution < -0.4 is 5.73 Å². The van der Waals surface area contributed by atoms with E-state index in [2.05, 4.69) is 0 Å². The van der Waals surface area contributed by atoms with Gasteiger partial charge in [-0.05, 0) is 25.7 Å². The van der Waals surface area contributed by atoms with Crippen LogP contribution in [0.2, 0.25) is 0 Å². The maximum absolute atomic E-state index is 11.7. The third-order valence-electron chi connectivity index (χ3n) is 2.89. The van der Waals surface area contributed by atoms with Crippen LogP contribution >= 0.6 is 0 Å². The molecule has 0 spiro atoms. The zero-order valence-electron chi connectivity index (χ0n) is 9.64. The maximum Gasteiger partial charge on any atom is 0.404 e. The molecule has 0 saturated heterocycles. The van der Waals surface area contributed by atoms with Gasteiger partial charge in [-0.25, -0.2) is 9.86 Å². The van der Waals surface area contributed by atoms with Crippen molar-refractivity contribution in [2.45, 2.75) is 31.8 Å². The number of amides is 2. The molecule has 0 heterocycles. The van der Waals surface area contributed by atoms with Crippen molar-refractivity contribution < 1.29 is 19.2 Å². The van der Waals surface area contributed by atoms with Crippen molar-refractivity contribution in [1.82, 2.24) is 5.06 Å². The second kappa shape index (κ2) is 5.69. The smallest absolute Gasteiger partial charge is 0.404 e. The second-order valence-electron chi connectivity index (χ2n) is 3.93. The van der Waals surface area contributed by atoms with E-state index in [0.717, 1.165) is 0 Å². The van der Waals surface area contributed by atoms with Gasteiger partial charge in [0, 0.05) is 13.0 Å². The molecule has 0 aromatic heterocycles. The van der Waals surface area contributed by atoms with Gasteiger partial charge in [0.05, 0.1) is 7.11 Å². The average molecular weight is 230 g/mol. The molecule has 1 rings (SSSR count). The van der Waals surface area contributed by atoms with Gasteiger partial charge in [-0.2, -0.15) is 0 Å². The van der Waals surface area contributed by atoms with Gasteiger partial charge in [-0.3, -0.25) is 9.63 Å². The molecule has 2 N–H and O–H groups in total. The zero-order chi connectivity index (χ0) is 12.1. The van der Waals surface area contributed by atoms with E-state index in [1.54, 1.807) is 7.05 Å². The first-order chi connectivity index (χ1) is 7.54. The van der Waals surface area contributed by atoms with Gasteiger partial charge in [-0.1, -0.05) is 0 Å². The molecule has 0 aromatic rings. The Morgan fingerprint density at radius 2 is 1.81 bits per heavy atom. The number of hydrogen-bond donors (Lipinski definition) is 1. The van der Waals surface area contributed by atoms with E-state index in [1.807, 2.05) is 0 Å². The Morgan fingerprint density at radius 3 is 2.25 bits per heavy atom. The van der Waals surface area contributed by atoms with Crippen LogP contribution in [0.1, 0.15) is 25.7 Å². The fraction of sp³-hybridized carbons (Fsp3) is 0.800. The lowest BCUT2D eigenvalue weighted by molar-refractivity contribution is -0.175. The predicted octanol–water partition coefficient (Wildman–Crippen LogP) is 0.660. The number of hydrogen-bond acceptors (Lipinski definition) is 4. The summed E-state index contributed by atoms with van der Waals surface area (Å²) >= 11 is 0. The molecule has 2 amide bonds. The fourth-order valence-corrected chi connectivity index (χ4v) is 1.94. The highest BCUT2D eigenvalue weighted by Crippen LogP contribution is 2.27. The van der Waals surface area contributed by atoms with Gasteiger partial charge in [-0.15, -0.1) is 0 Å². The molecule has 0 atom stereocenters. The van der Waals surface area contributed by atoms with Crippen molar-refractivity contribution in [1.29, 1.82) is 0 Å². The molecular weight excluding hydrogens is 212 g/mol. The van der Waals surface area contributed by atoms with E-state index < -0.39 is 6.09 Å². The van der Waals surface area contributed by atoms with Crippen LogP contribution in [0.3, 0.4) is 0 Å². The molecule has 0 radical (unpaired) electrons. The minimum absolute atomic E-state index is 0.0278. The third kappa shape index (κ3) is 3.37. The molecule has 1 aliphatic carbocycles. The summed E-state index contributed by atoms with van der Waals surface area (Å²) in [6, 6.07) is 0. The van der Waals surface area contributed by atoms with E-state index in [0.29, 0.717) is 25.7 Å². The minimum atomic E-state index is -0.746. The molecule has 0 aliphatic heterocycles. The number of nitrogens with zero attached hydrogens (tertiary/aromatic N) is 1. The first kappa shape index (κ1) is 12.8. The van der Waals surface area contributed by atoms with Crippen molar-refractivity contribution in [2.24, 2.45) is 11.7 Å². The van der Waals surface area contributed by atoms with Gasteiger partial charge in [0.1, 0.15) is 6.10 Å². The summed E-state index contributed by atoms with van der Waals surface area (Å²) in [6.45, 7) is 0. The topological polar surface area (TPSA) is 81.9 Å². The molecule has 16 heavy (non-hydrogen) atoms. The maximum atomic E-state index is 11.7. The van der Waals surface area contributed by atoms with Gasteiger partial charge in [0.2, 0.25) is 5.91 Å². The van der Waals surface area contributed by atoms with Crippen molar-refractivity contribution >= 4 is 12.0 Å². The normalized spacial score (nSPS) is 24.9. The number of carbonyl (C=O) groups is 2. The molecule has 0 bridgehead atoms. The molecule has 0 unspecified atom stereocenters. The Labute approximate surface area is 94.6 Å². The van der Waals surface area contributed by atoms with Gasteiger partial charge in [0.15, 0.2) is 0 Å². The highest BCUT2D eigenvalue weighted by atomic mass is 16.7. The van der Waals surface area contributed by atoms with Crippen molar-refractivity contribution in [3.8, 4) is 0 Å². The molecule has 92 valence electrons. The Bertz CT molecular complexity index is 262. The molecule has 1 aliphatic rings. The number of ether oxygens (including phenoxy) is 1. The molecule has 6 heteroatoms. The summed E-state index contributed by atoms with van der Waals surface area (Å²) < 4.78 is 4.89. The Morgan fingerprint density at radius 1 is 1.25 bits per heavy atom. The number of primary amides is 1. The van der Waals surface area contributed by atoms with Crippen LogP contribution in [0.4, 0.5) is 4.79 Å². The van der Waals surface area contributed by atoms with Crippen LogP contribution in [-0.2, 0) is 14.4 Å².